The number of benzene rings is 1. The summed E-state index contributed by atoms with van der Waals surface area (Å²) >= 11 is 1.48. The first-order valence-electron chi connectivity index (χ1n) is 8.87. The summed E-state index contributed by atoms with van der Waals surface area (Å²) in [5.74, 6) is 1.32. The van der Waals surface area contributed by atoms with E-state index in [4.69, 9.17) is 9.47 Å². The summed E-state index contributed by atoms with van der Waals surface area (Å²) < 4.78 is 12.3. The van der Waals surface area contributed by atoms with Crippen LogP contribution in [0, 0.1) is 0 Å². The molecule has 0 saturated carbocycles. The number of rotatable bonds is 5. The van der Waals surface area contributed by atoms with Gasteiger partial charge in [-0.05, 0) is 24.7 Å². The zero-order valence-corrected chi connectivity index (χ0v) is 16.5. The number of hydrogen-bond donors (Lipinski definition) is 0. The number of likely N-dealkylation sites (N-methyl/N-ethyl adjacent to an activating group) is 1. The van der Waals surface area contributed by atoms with Gasteiger partial charge >= 0.3 is 0 Å². The summed E-state index contributed by atoms with van der Waals surface area (Å²) in [7, 11) is 5.37. The first-order valence-corrected chi connectivity index (χ1v) is 9.75. The number of hydrogen-bond acceptors (Lipinski definition) is 8. The van der Waals surface area contributed by atoms with E-state index < -0.39 is 0 Å². The minimum Gasteiger partial charge on any atom is -0.493 e. The van der Waals surface area contributed by atoms with Crippen LogP contribution in [-0.2, 0) is 0 Å². The van der Waals surface area contributed by atoms with Gasteiger partial charge in [-0.15, -0.1) is 0 Å². The van der Waals surface area contributed by atoms with Crippen LogP contribution >= 0.6 is 11.8 Å². The van der Waals surface area contributed by atoms with Gasteiger partial charge < -0.3 is 14.4 Å². The third kappa shape index (κ3) is 3.30. The second kappa shape index (κ2) is 7.49. The van der Waals surface area contributed by atoms with Crippen LogP contribution in [-0.4, -0.2) is 83.2 Å². The van der Waals surface area contributed by atoms with Crippen molar-refractivity contribution in [1.82, 2.24) is 24.6 Å². The minimum atomic E-state index is -0.289. The summed E-state index contributed by atoms with van der Waals surface area (Å²) in [6.07, 6.45) is 1.43. The number of aromatic nitrogens is 3. The maximum Gasteiger partial charge on any atom is 0.264 e. The molecule has 2 aliphatic rings. The van der Waals surface area contributed by atoms with Crippen LogP contribution in [0.3, 0.4) is 0 Å². The largest absolute Gasteiger partial charge is 0.493 e. The van der Waals surface area contributed by atoms with Crippen molar-refractivity contribution < 1.29 is 14.3 Å². The third-order valence-electron chi connectivity index (χ3n) is 5.17. The molecule has 0 aliphatic carbocycles. The highest BCUT2D eigenvalue weighted by Crippen LogP contribution is 2.42. The van der Waals surface area contributed by atoms with Crippen molar-refractivity contribution in [3.05, 3.63) is 30.1 Å². The van der Waals surface area contributed by atoms with Crippen molar-refractivity contribution in [3.8, 4) is 11.5 Å². The quantitative estimate of drug-likeness (QED) is 0.760. The van der Waals surface area contributed by atoms with E-state index in [0.717, 1.165) is 31.7 Å². The van der Waals surface area contributed by atoms with E-state index in [9.17, 15) is 4.79 Å². The van der Waals surface area contributed by atoms with Gasteiger partial charge in [0.1, 0.15) is 11.6 Å². The lowest BCUT2D eigenvalue weighted by Gasteiger charge is -2.39. The lowest BCUT2D eigenvalue weighted by molar-refractivity contribution is 0.0766. The second-order valence-corrected chi connectivity index (χ2v) is 7.84. The van der Waals surface area contributed by atoms with Crippen molar-refractivity contribution >= 4 is 17.7 Å². The van der Waals surface area contributed by atoms with E-state index in [1.54, 1.807) is 14.2 Å². The summed E-state index contributed by atoms with van der Waals surface area (Å²) in [4.78, 5) is 21.9. The Kier molecular flexibility index (Phi) is 5.07. The molecule has 0 N–H and O–H groups in total. The van der Waals surface area contributed by atoms with Gasteiger partial charge in [-0.2, -0.15) is 9.78 Å². The maximum atomic E-state index is 13.0. The molecule has 27 heavy (non-hydrogen) atoms. The standard InChI is InChI=1S/C18H23N5O3S/c1-21-6-8-22(9-7-21)15(12-4-5-13(25-2)14(10-12)26-3)16-17(24)23-18(27-16)19-11-20-23/h4-5,10-11,15-16H,6-9H2,1-3H3. The van der Waals surface area contributed by atoms with Crippen molar-refractivity contribution in [2.45, 2.75) is 16.4 Å². The Hall–Kier alpha value is -2.10. The van der Waals surface area contributed by atoms with E-state index in [0.29, 0.717) is 16.7 Å². The number of ether oxygens (including phenoxy) is 2. The molecule has 144 valence electrons. The molecule has 1 aromatic heterocycles. The van der Waals surface area contributed by atoms with Crippen molar-refractivity contribution in [3.63, 3.8) is 0 Å². The predicted octanol–water partition coefficient (Wildman–Crippen LogP) is 1.40. The molecule has 1 fully saturated rings. The lowest BCUT2D eigenvalue weighted by atomic mass is 9.99. The molecule has 2 aromatic rings. The van der Waals surface area contributed by atoms with Crippen molar-refractivity contribution in [2.75, 3.05) is 47.4 Å². The van der Waals surface area contributed by atoms with Gasteiger partial charge in [0, 0.05) is 26.2 Å². The van der Waals surface area contributed by atoms with Gasteiger partial charge in [0.2, 0.25) is 0 Å². The van der Waals surface area contributed by atoms with Gasteiger partial charge in [-0.3, -0.25) is 9.69 Å². The third-order valence-corrected chi connectivity index (χ3v) is 6.37. The average Bonchev–Trinajstić information content (AvgIpc) is 3.27. The Labute approximate surface area is 162 Å². The van der Waals surface area contributed by atoms with Crippen molar-refractivity contribution in [2.24, 2.45) is 0 Å². The fraction of sp³-hybridized carbons (Fsp3) is 0.500. The van der Waals surface area contributed by atoms with Gasteiger partial charge in [0.25, 0.3) is 5.91 Å². The van der Waals surface area contributed by atoms with Gasteiger partial charge in [-0.25, -0.2) is 4.98 Å². The molecular weight excluding hydrogens is 366 g/mol. The summed E-state index contributed by atoms with van der Waals surface area (Å²) in [6.45, 7) is 3.74. The number of fused-ring (bicyclic) bond motifs is 1. The minimum absolute atomic E-state index is 0.0220. The van der Waals surface area contributed by atoms with E-state index in [1.807, 2.05) is 18.2 Å². The smallest absolute Gasteiger partial charge is 0.264 e. The molecule has 0 bridgehead atoms. The molecular formula is C18H23N5O3S. The molecule has 2 aliphatic heterocycles. The number of carbonyl (C=O) groups is 1. The topological polar surface area (TPSA) is 72.7 Å². The van der Waals surface area contributed by atoms with Gasteiger partial charge in [0.15, 0.2) is 16.7 Å². The van der Waals surface area contributed by atoms with Crippen LogP contribution in [0.2, 0.25) is 0 Å². The number of nitrogens with zero attached hydrogens (tertiary/aromatic N) is 5. The number of methoxy groups -OCH3 is 2. The van der Waals surface area contributed by atoms with Gasteiger partial charge in [-0.1, -0.05) is 17.8 Å². The Morgan fingerprint density at radius 2 is 1.89 bits per heavy atom. The SMILES string of the molecule is COc1ccc(C(C2Sc3ncnn3C2=O)N2CCN(C)CC2)cc1OC. The molecule has 2 unspecified atom stereocenters. The molecule has 1 saturated heterocycles. The van der Waals surface area contributed by atoms with Crippen LogP contribution in [0.5, 0.6) is 11.5 Å². The zero-order valence-electron chi connectivity index (χ0n) is 15.7. The maximum absolute atomic E-state index is 13.0. The van der Waals surface area contributed by atoms with Crippen LogP contribution in [0.15, 0.2) is 29.7 Å². The summed E-state index contributed by atoms with van der Waals surface area (Å²) in [5, 5.41) is 4.45. The van der Waals surface area contributed by atoms with E-state index >= 15 is 0 Å². The Bertz CT molecular complexity index is 834. The fourth-order valence-electron chi connectivity index (χ4n) is 3.66. The van der Waals surface area contributed by atoms with Crippen molar-refractivity contribution in [1.29, 1.82) is 0 Å². The number of thioether (sulfide) groups is 1. The molecule has 3 heterocycles. The monoisotopic (exact) mass is 389 g/mol. The molecule has 8 nitrogen and oxygen atoms in total. The second-order valence-electron chi connectivity index (χ2n) is 6.73. The fourth-order valence-corrected chi connectivity index (χ4v) is 4.89. The molecule has 2 atom stereocenters. The highest BCUT2D eigenvalue weighted by atomic mass is 32.2. The number of piperazine rings is 1. The number of carbonyl (C=O) groups excluding carboxylic acids is 1. The lowest BCUT2D eigenvalue weighted by Crippen LogP contribution is -2.49. The first kappa shape index (κ1) is 18.3. The van der Waals surface area contributed by atoms with Crippen LogP contribution in [0.4, 0.5) is 0 Å². The van der Waals surface area contributed by atoms with Crippen LogP contribution in [0.1, 0.15) is 16.4 Å². The van der Waals surface area contributed by atoms with Crippen LogP contribution < -0.4 is 9.47 Å². The molecule has 0 radical (unpaired) electrons. The normalized spacial score (nSPS) is 21.9. The first-order chi connectivity index (χ1) is 13.1. The highest BCUT2D eigenvalue weighted by molar-refractivity contribution is 8.00. The molecule has 4 rings (SSSR count). The summed E-state index contributed by atoms with van der Waals surface area (Å²) in [6, 6.07) is 5.81. The zero-order chi connectivity index (χ0) is 19.0. The average molecular weight is 389 g/mol. The molecule has 9 heteroatoms. The Morgan fingerprint density at radius 3 is 2.56 bits per heavy atom. The van der Waals surface area contributed by atoms with Gasteiger partial charge in [0.05, 0.1) is 20.3 Å². The van der Waals surface area contributed by atoms with E-state index in [2.05, 4.69) is 26.9 Å². The molecule has 1 aromatic carbocycles. The summed E-state index contributed by atoms with van der Waals surface area (Å²) in [5.41, 5.74) is 1.04. The predicted molar refractivity (Wildman–Crippen MR) is 102 cm³/mol. The van der Waals surface area contributed by atoms with Crippen LogP contribution in [0.25, 0.3) is 0 Å². The Balaban J connectivity index is 1.71. The highest BCUT2D eigenvalue weighted by Gasteiger charge is 2.43. The molecule has 0 spiro atoms. The molecule has 0 amide bonds. The Morgan fingerprint density at radius 1 is 1.15 bits per heavy atom. The van der Waals surface area contributed by atoms with E-state index in [-0.39, 0.29) is 17.2 Å². The van der Waals surface area contributed by atoms with E-state index in [1.165, 1.54) is 22.8 Å².